The number of benzene rings is 2. The summed E-state index contributed by atoms with van der Waals surface area (Å²) in [7, 11) is 1.69. The van der Waals surface area contributed by atoms with Crippen molar-refractivity contribution in [3.05, 3.63) is 78.3 Å². The fourth-order valence-electron chi connectivity index (χ4n) is 2.59. The van der Waals surface area contributed by atoms with E-state index in [-0.39, 0.29) is 6.04 Å². The number of ether oxygens (including phenoxy) is 1. The fraction of sp³-hybridized carbons (Fsp3) is 0.200. The van der Waals surface area contributed by atoms with Crippen molar-refractivity contribution < 1.29 is 9.15 Å². The second-order valence-electron chi connectivity index (χ2n) is 5.59. The number of hydrogen-bond acceptors (Lipinski definition) is 3. The first-order chi connectivity index (χ1) is 11.3. The van der Waals surface area contributed by atoms with E-state index < -0.39 is 0 Å². The third-order valence-electron chi connectivity index (χ3n) is 3.99. The molecule has 0 amide bonds. The molecule has 0 bridgehead atoms. The second-order valence-corrected chi connectivity index (χ2v) is 5.59. The van der Waals surface area contributed by atoms with Crippen molar-refractivity contribution in [3.8, 4) is 16.9 Å². The molecule has 23 heavy (non-hydrogen) atoms. The zero-order chi connectivity index (χ0) is 16.1. The van der Waals surface area contributed by atoms with Gasteiger partial charge in [-0.05, 0) is 47.9 Å². The third kappa shape index (κ3) is 3.82. The van der Waals surface area contributed by atoms with Gasteiger partial charge >= 0.3 is 0 Å². The molecule has 0 fully saturated rings. The van der Waals surface area contributed by atoms with Crippen LogP contribution in [0.25, 0.3) is 11.1 Å². The lowest BCUT2D eigenvalue weighted by atomic mass is 10.0. The summed E-state index contributed by atoms with van der Waals surface area (Å²) in [5, 5.41) is 3.56. The molecule has 118 valence electrons. The van der Waals surface area contributed by atoms with Crippen LogP contribution in [0.4, 0.5) is 0 Å². The zero-order valence-corrected chi connectivity index (χ0v) is 13.5. The molecule has 3 rings (SSSR count). The molecule has 2 aromatic carbocycles. The molecule has 3 aromatic rings. The standard InChI is InChI=1S/C20H21NO2/c1-15(17-6-4-8-20(12-17)22-2)21-13-16-5-3-7-18(11-16)19-9-10-23-14-19/h3-12,14-15,21H,13H2,1-2H3. The van der Waals surface area contributed by atoms with E-state index in [1.54, 1.807) is 19.6 Å². The van der Waals surface area contributed by atoms with Crippen molar-refractivity contribution in [2.24, 2.45) is 0 Å². The number of furan rings is 1. The van der Waals surface area contributed by atoms with Crippen LogP contribution < -0.4 is 10.1 Å². The van der Waals surface area contributed by atoms with Gasteiger partial charge in [-0.25, -0.2) is 0 Å². The van der Waals surface area contributed by atoms with Crippen LogP contribution in [0.5, 0.6) is 5.75 Å². The molecule has 1 atom stereocenters. The van der Waals surface area contributed by atoms with Crippen LogP contribution >= 0.6 is 0 Å². The van der Waals surface area contributed by atoms with E-state index in [2.05, 4.69) is 48.6 Å². The molecule has 1 aromatic heterocycles. The van der Waals surface area contributed by atoms with Crippen LogP contribution in [0.15, 0.2) is 71.5 Å². The molecule has 3 nitrogen and oxygen atoms in total. The van der Waals surface area contributed by atoms with Crippen LogP contribution in [-0.4, -0.2) is 7.11 Å². The Kier molecular flexibility index (Phi) is 4.79. The van der Waals surface area contributed by atoms with E-state index in [9.17, 15) is 0 Å². The van der Waals surface area contributed by atoms with Crippen molar-refractivity contribution in [2.75, 3.05) is 7.11 Å². The van der Waals surface area contributed by atoms with Gasteiger partial charge in [0.05, 0.1) is 19.6 Å². The van der Waals surface area contributed by atoms with Gasteiger partial charge in [0.15, 0.2) is 0 Å². The Morgan fingerprint density at radius 1 is 1.04 bits per heavy atom. The Hall–Kier alpha value is -2.52. The topological polar surface area (TPSA) is 34.4 Å². The summed E-state index contributed by atoms with van der Waals surface area (Å²) >= 11 is 0. The van der Waals surface area contributed by atoms with Gasteiger partial charge in [-0.3, -0.25) is 0 Å². The highest BCUT2D eigenvalue weighted by atomic mass is 16.5. The van der Waals surface area contributed by atoms with E-state index in [0.29, 0.717) is 0 Å². The van der Waals surface area contributed by atoms with Crippen LogP contribution in [0.1, 0.15) is 24.1 Å². The Morgan fingerprint density at radius 2 is 1.91 bits per heavy atom. The number of hydrogen-bond donors (Lipinski definition) is 1. The molecular weight excluding hydrogens is 286 g/mol. The smallest absolute Gasteiger partial charge is 0.119 e. The van der Waals surface area contributed by atoms with Gasteiger partial charge in [-0.2, -0.15) is 0 Å². The van der Waals surface area contributed by atoms with Gasteiger partial charge in [0.25, 0.3) is 0 Å². The molecule has 0 radical (unpaired) electrons. The SMILES string of the molecule is COc1cccc(C(C)NCc2cccc(-c3ccoc3)c2)c1. The Morgan fingerprint density at radius 3 is 2.70 bits per heavy atom. The van der Waals surface area contributed by atoms with E-state index in [0.717, 1.165) is 17.9 Å². The molecule has 1 unspecified atom stereocenters. The molecule has 3 heteroatoms. The summed E-state index contributed by atoms with van der Waals surface area (Å²) in [6.07, 6.45) is 3.47. The van der Waals surface area contributed by atoms with E-state index in [1.807, 2.05) is 18.2 Å². The summed E-state index contributed by atoms with van der Waals surface area (Å²) in [4.78, 5) is 0. The van der Waals surface area contributed by atoms with Gasteiger partial charge < -0.3 is 14.5 Å². The lowest BCUT2D eigenvalue weighted by Crippen LogP contribution is -2.18. The maximum Gasteiger partial charge on any atom is 0.119 e. The highest BCUT2D eigenvalue weighted by Gasteiger charge is 2.07. The molecular formula is C20H21NO2. The molecule has 0 spiro atoms. The minimum Gasteiger partial charge on any atom is -0.497 e. The van der Waals surface area contributed by atoms with E-state index in [4.69, 9.17) is 9.15 Å². The molecule has 0 aliphatic heterocycles. The van der Waals surface area contributed by atoms with Gasteiger partial charge in [-0.1, -0.05) is 30.3 Å². The monoisotopic (exact) mass is 307 g/mol. The van der Waals surface area contributed by atoms with Gasteiger partial charge in [0.1, 0.15) is 5.75 Å². The van der Waals surface area contributed by atoms with Crippen molar-refractivity contribution in [1.82, 2.24) is 5.32 Å². The van der Waals surface area contributed by atoms with Gasteiger partial charge in [0, 0.05) is 18.2 Å². The predicted octanol–water partition coefficient (Wildman–Crippen LogP) is 4.81. The second kappa shape index (κ2) is 7.16. The lowest BCUT2D eigenvalue weighted by molar-refractivity contribution is 0.413. The number of methoxy groups -OCH3 is 1. The molecule has 0 aliphatic rings. The Balaban J connectivity index is 1.67. The molecule has 0 saturated carbocycles. The quantitative estimate of drug-likeness (QED) is 0.710. The summed E-state index contributed by atoms with van der Waals surface area (Å²) < 4.78 is 10.4. The molecule has 0 saturated heterocycles. The summed E-state index contributed by atoms with van der Waals surface area (Å²) in [5.74, 6) is 0.887. The van der Waals surface area contributed by atoms with E-state index in [1.165, 1.54) is 16.7 Å². The molecule has 1 heterocycles. The van der Waals surface area contributed by atoms with Crippen molar-refractivity contribution in [1.29, 1.82) is 0 Å². The minimum absolute atomic E-state index is 0.252. The first-order valence-corrected chi connectivity index (χ1v) is 7.75. The summed E-state index contributed by atoms with van der Waals surface area (Å²) in [6, 6.07) is 18.9. The fourth-order valence-corrected chi connectivity index (χ4v) is 2.59. The average molecular weight is 307 g/mol. The largest absolute Gasteiger partial charge is 0.497 e. The maximum absolute atomic E-state index is 5.29. The third-order valence-corrected chi connectivity index (χ3v) is 3.99. The Bertz CT molecular complexity index is 750. The predicted molar refractivity (Wildman–Crippen MR) is 92.4 cm³/mol. The minimum atomic E-state index is 0.252. The van der Waals surface area contributed by atoms with Crippen LogP contribution in [0, 0.1) is 0 Å². The Labute approximate surface area is 136 Å². The van der Waals surface area contributed by atoms with Crippen molar-refractivity contribution in [3.63, 3.8) is 0 Å². The summed E-state index contributed by atoms with van der Waals surface area (Å²) in [6.45, 7) is 2.97. The first-order valence-electron chi connectivity index (χ1n) is 7.75. The molecule has 1 N–H and O–H groups in total. The van der Waals surface area contributed by atoms with Crippen LogP contribution in [0.2, 0.25) is 0 Å². The van der Waals surface area contributed by atoms with Crippen molar-refractivity contribution in [2.45, 2.75) is 19.5 Å². The molecule has 0 aliphatic carbocycles. The average Bonchev–Trinajstić information content (AvgIpc) is 3.14. The number of rotatable bonds is 6. The lowest BCUT2D eigenvalue weighted by Gasteiger charge is -2.15. The van der Waals surface area contributed by atoms with Crippen LogP contribution in [-0.2, 0) is 6.54 Å². The van der Waals surface area contributed by atoms with Gasteiger partial charge in [-0.15, -0.1) is 0 Å². The normalized spacial score (nSPS) is 12.1. The maximum atomic E-state index is 5.29. The van der Waals surface area contributed by atoms with Crippen LogP contribution in [0.3, 0.4) is 0 Å². The first kappa shape index (κ1) is 15.4. The zero-order valence-electron chi connectivity index (χ0n) is 13.5. The van der Waals surface area contributed by atoms with Gasteiger partial charge in [0.2, 0.25) is 0 Å². The summed E-state index contributed by atoms with van der Waals surface area (Å²) in [5.41, 5.74) is 4.74. The number of nitrogens with one attached hydrogen (secondary N) is 1. The highest BCUT2D eigenvalue weighted by molar-refractivity contribution is 5.62. The van der Waals surface area contributed by atoms with E-state index >= 15 is 0 Å². The highest BCUT2D eigenvalue weighted by Crippen LogP contribution is 2.22. The van der Waals surface area contributed by atoms with Crippen molar-refractivity contribution >= 4 is 0 Å².